The molecular formula is C27H35NO9. The molecule has 2 bridgehead atoms. The van der Waals surface area contributed by atoms with E-state index in [2.05, 4.69) is 4.98 Å². The molecule has 37 heavy (non-hydrogen) atoms. The van der Waals surface area contributed by atoms with Gasteiger partial charge >= 0.3 is 23.9 Å². The van der Waals surface area contributed by atoms with Crippen LogP contribution in [0.1, 0.15) is 71.2 Å². The third-order valence-corrected chi connectivity index (χ3v) is 8.31. The number of aromatic nitrogens is 1. The first-order valence-corrected chi connectivity index (χ1v) is 12.6. The minimum absolute atomic E-state index is 0.219. The highest BCUT2D eigenvalue weighted by Gasteiger charge is 2.81. The molecule has 0 radical (unpaired) electrons. The number of pyridine rings is 1. The quantitative estimate of drug-likeness (QED) is 0.410. The predicted octanol–water partition coefficient (Wildman–Crippen LogP) is 3.02. The van der Waals surface area contributed by atoms with Crippen molar-refractivity contribution in [2.75, 3.05) is 6.61 Å². The molecular weight excluding hydrogens is 482 g/mol. The highest BCUT2D eigenvalue weighted by molar-refractivity contribution is 5.89. The molecule has 2 heterocycles. The average Bonchev–Trinajstić information content (AvgIpc) is 2.97. The van der Waals surface area contributed by atoms with E-state index in [0.717, 1.165) is 0 Å². The summed E-state index contributed by atoms with van der Waals surface area (Å²) in [6.45, 7) is 9.46. The number of esters is 4. The maximum absolute atomic E-state index is 13.3. The van der Waals surface area contributed by atoms with Gasteiger partial charge in [-0.05, 0) is 51.2 Å². The van der Waals surface area contributed by atoms with Crippen LogP contribution in [-0.2, 0) is 38.1 Å². The molecule has 0 amide bonds. The van der Waals surface area contributed by atoms with Crippen molar-refractivity contribution in [2.45, 2.75) is 90.3 Å². The second-order valence-corrected chi connectivity index (χ2v) is 10.9. The molecule has 7 atom stereocenters. The van der Waals surface area contributed by atoms with Gasteiger partial charge in [-0.15, -0.1) is 0 Å². The monoisotopic (exact) mass is 517 g/mol. The van der Waals surface area contributed by atoms with Gasteiger partial charge in [0.25, 0.3) is 0 Å². The van der Waals surface area contributed by atoms with Crippen LogP contribution in [0.5, 0.6) is 0 Å². The van der Waals surface area contributed by atoms with E-state index in [1.54, 1.807) is 18.3 Å². The first-order chi connectivity index (χ1) is 17.3. The number of hydrogen-bond donors (Lipinski definition) is 0. The van der Waals surface area contributed by atoms with Crippen LogP contribution in [0, 0.1) is 17.3 Å². The molecule has 0 aromatic carbocycles. The summed E-state index contributed by atoms with van der Waals surface area (Å²) >= 11 is 0. The lowest BCUT2D eigenvalue weighted by atomic mass is 9.48. The average molecular weight is 518 g/mol. The largest absolute Gasteiger partial charge is 0.465 e. The van der Waals surface area contributed by atoms with Crippen LogP contribution in [0.15, 0.2) is 24.5 Å². The van der Waals surface area contributed by atoms with Gasteiger partial charge < -0.3 is 23.7 Å². The van der Waals surface area contributed by atoms with Gasteiger partial charge in [-0.3, -0.25) is 19.4 Å². The van der Waals surface area contributed by atoms with Crippen LogP contribution >= 0.6 is 0 Å². The maximum Gasteiger partial charge on any atom is 0.340 e. The van der Waals surface area contributed by atoms with Gasteiger partial charge in [0.2, 0.25) is 0 Å². The third-order valence-electron chi connectivity index (χ3n) is 8.31. The first kappa shape index (κ1) is 27.0. The van der Waals surface area contributed by atoms with Gasteiger partial charge in [-0.25, -0.2) is 4.79 Å². The van der Waals surface area contributed by atoms with E-state index in [1.807, 2.05) is 20.8 Å². The molecule has 1 spiro atoms. The summed E-state index contributed by atoms with van der Waals surface area (Å²) in [6, 6.07) is 3.22. The van der Waals surface area contributed by atoms with E-state index in [-0.39, 0.29) is 30.4 Å². The minimum Gasteiger partial charge on any atom is -0.465 e. The SMILES string of the molecule is CC(=O)OC[C@@]12[C@@H](OC(C)=O)CC[C@@H](C)[C@]13OC(C)(C)[C@H](C[C@@H]2OC(=O)c1cccnc1)[C@H]3OC(C)=O. The number of ether oxygens (including phenoxy) is 5. The molecule has 2 saturated carbocycles. The molecule has 10 nitrogen and oxygen atoms in total. The number of rotatable bonds is 6. The van der Waals surface area contributed by atoms with E-state index < -0.39 is 58.8 Å². The van der Waals surface area contributed by atoms with Gasteiger partial charge in [0.1, 0.15) is 35.9 Å². The van der Waals surface area contributed by atoms with Gasteiger partial charge in [0.05, 0.1) is 11.2 Å². The van der Waals surface area contributed by atoms with Gasteiger partial charge in [-0.1, -0.05) is 6.92 Å². The second kappa shape index (κ2) is 9.70. The van der Waals surface area contributed by atoms with E-state index in [9.17, 15) is 19.2 Å². The molecule has 3 aliphatic rings. The van der Waals surface area contributed by atoms with Crippen molar-refractivity contribution in [1.82, 2.24) is 4.98 Å². The topological polar surface area (TPSA) is 127 Å². The normalized spacial score (nSPS) is 35.6. The molecule has 10 heteroatoms. The molecule has 0 unspecified atom stereocenters. The molecule has 1 aromatic rings. The molecule has 202 valence electrons. The third kappa shape index (κ3) is 4.39. The molecule has 3 fully saturated rings. The van der Waals surface area contributed by atoms with Crippen LogP contribution in [0.2, 0.25) is 0 Å². The zero-order valence-electron chi connectivity index (χ0n) is 22.1. The summed E-state index contributed by atoms with van der Waals surface area (Å²) in [5.74, 6) is -2.73. The van der Waals surface area contributed by atoms with Crippen LogP contribution in [0.3, 0.4) is 0 Å². The lowest BCUT2D eigenvalue weighted by molar-refractivity contribution is -0.302. The van der Waals surface area contributed by atoms with Gasteiger partial charge in [0, 0.05) is 39.1 Å². The Morgan fingerprint density at radius 3 is 2.30 bits per heavy atom. The lowest BCUT2D eigenvalue weighted by Crippen LogP contribution is -2.76. The van der Waals surface area contributed by atoms with E-state index in [4.69, 9.17) is 23.7 Å². The Kier molecular flexibility index (Phi) is 7.09. The Morgan fingerprint density at radius 1 is 1.00 bits per heavy atom. The standard InChI is InChI=1S/C27H35NO9/c1-15-9-10-21(34-17(3)30)26(14-33-16(2)29)22(36-24(32)19-8-7-11-28-13-19)12-20-23(35-18(4)31)27(15,26)37-25(20,5)6/h7-8,11,13,15,20-23H,9-10,12,14H2,1-6H3/t15-,20-,21+,22+,23-,26+,27-/m1/s1. The van der Waals surface area contributed by atoms with Crippen molar-refractivity contribution in [1.29, 1.82) is 0 Å². The molecule has 2 aliphatic carbocycles. The summed E-state index contributed by atoms with van der Waals surface area (Å²) in [7, 11) is 0. The maximum atomic E-state index is 13.3. The second-order valence-electron chi connectivity index (χ2n) is 10.9. The Balaban J connectivity index is 1.93. The number of carbonyl (C=O) groups excluding carboxylic acids is 4. The number of nitrogens with zero attached hydrogens (tertiary/aromatic N) is 1. The van der Waals surface area contributed by atoms with Gasteiger partial charge in [0.15, 0.2) is 0 Å². The fourth-order valence-corrected chi connectivity index (χ4v) is 6.93. The van der Waals surface area contributed by atoms with Crippen LogP contribution in [0.25, 0.3) is 0 Å². The zero-order chi connectivity index (χ0) is 27.2. The molecule has 1 aromatic heterocycles. The van der Waals surface area contributed by atoms with Crippen LogP contribution < -0.4 is 0 Å². The Bertz CT molecular complexity index is 1070. The fraction of sp³-hybridized carbons (Fsp3) is 0.667. The zero-order valence-corrected chi connectivity index (χ0v) is 22.1. The fourth-order valence-electron chi connectivity index (χ4n) is 6.93. The van der Waals surface area contributed by atoms with Crippen molar-refractivity contribution in [3.8, 4) is 0 Å². The van der Waals surface area contributed by atoms with Crippen LogP contribution in [-0.4, -0.2) is 65.0 Å². The van der Waals surface area contributed by atoms with E-state index in [1.165, 1.54) is 27.0 Å². The number of hydrogen-bond acceptors (Lipinski definition) is 10. The van der Waals surface area contributed by atoms with Gasteiger partial charge in [-0.2, -0.15) is 0 Å². The number of carbonyl (C=O) groups is 4. The minimum atomic E-state index is -1.34. The summed E-state index contributed by atoms with van der Waals surface area (Å²) < 4.78 is 30.6. The molecule has 1 saturated heterocycles. The van der Waals surface area contributed by atoms with Crippen molar-refractivity contribution < 1.29 is 42.9 Å². The number of fused-ring (bicyclic) bond motifs is 1. The summed E-state index contributed by atoms with van der Waals surface area (Å²) in [5, 5.41) is 0. The Hall–Kier alpha value is -3.01. The molecule has 1 aliphatic heterocycles. The lowest BCUT2D eigenvalue weighted by Gasteiger charge is -2.62. The van der Waals surface area contributed by atoms with Crippen molar-refractivity contribution in [3.05, 3.63) is 30.1 Å². The summed E-state index contributed by atoms with van der Waals surface area (Å²) in [4.78, 5) is 54.1. The van der Waals surface area contributed by atoms with E-state index in [0.29, 0.717) is 12.8 Å². The first-order valence-electron chi connectivity index (χ1n) is 12.6. The van der Waals surface area contributed by atoms with E-state index >= 15 is 0 Å². The Labute approximate surface area is 216 Å². The van der Waals surface area contributed by atoms with Crippen LogP contribution in [0.4, 0.5) is 0 Å². The van der Waals surface area contributed by atoms with Crippen molar-refractivity contribution in [3.63, 3.8) is 0 Å². The predicted molar refractivity (Wildman–Crippen MR) is 128 cm³/mol. The summed E-state index contributed by atoms with van der Waals surface area (Å²) in [6.07, 6.45) is 1.75. The highest BCUT2D eigenvalue weighted by atomic mass is 16.6. The van der Waals surface area contributed by atoms with Crippen molar-refractivity contribution >= 4 is 23.9 Å². The Morgan fingerprint density at radius 2 is 1.70 bits per heavy atom. The summed E-state index contributed by atoms with van der Waals surface area (Å²) in [5.41, 5.74) is -3.14. The molecule has 4 rings (SSSR count). The highest BCUT2D eigenvalue weighted by Crippen LogP contribution is 2.67. The van der Waals surface area contributed by atoms with Crippen molar-refractivity contribution in [2.24, 2.45) is 17.3 Å². The smallest absolute Gasteiger partial charge is 0.340 e. The molecule has 0 N–H and O–H groups in total.